The summed E-state index contributed by atoms with van der Waals surface area (Å²) in [6.07, 6.45) is 7.08. The molecule has 160 valence electrons. The minimum atomic E-state index is -3.73. The zero-order valence-corrected chi connectivity index (χ0v) is 18.1. The van der Waals surface area contributed by atoms with Gasteiger partial charge in [0.2, 0.25) is 10.0 Å². The molecule has 1 unspecified atom stereocenters. The summed E-state index contributed by atoms with van der Waals surface area (Å²) in [6.45, 7) is 4.24. The number of sulfonamides is 1. The maximum Gasteiger partial charge on any atom is 0.306 e. The normalized spacial score (nSPS) is 16.4. The van der Waals surface area contributed by atoms with E-state index in [1.54, 1.807) is 19.1 Å². The lowest BCUT2D eigenvalue weighted by molar-refractivity contribution is -0.143. The van der Waals surface area contributed by atoms with E-state index >= 15 is 0 Å². The van der Waals surface area contributed by atoms with Crippen molar-refractivity contribution in [2.24, 2.45) is 5.14 Å². The van der Waals surface area contributed by atoms with Gasteiger partial charge < -0.3 is 4.74 Å². The van der Waals surface area contributed by atoms with Crippen LogP contribution in [0.1, 0.15) is 44.0 Å². The number of benzene rings is 1. The summed E-state index contributed by atoms with van der Waals surface area (Å²) in [4.78, 5) is 11.8. The molecule has 8 heteroatoms. The van der Waals surface area contributed by atoms with E-state index < -0.39 is 10.0 Å². The van der Waals surface area contributed by atoms with Gasteiger partial charge in [-0.2, -0.15) is 5.10 Å². The van der Waals surface area contributed by atoms with Gasteiger partial charge in [0.05, 0.1) is 35.4 Å². The average Bonchev–Trinajstić information content (AvgIpc) is 3.16. The molecular weight excluding hydrogens is 402 g/mol. The molecule has 0 saturated carbocycles. The molecule has 0 saturated heterocycles. The second-order valence-electron chi connectivity index (χ2n) is 7.13. The van der Waals surface area contributed by atoms with E-state index in [9.17, 15) is 13.2 Å². The summed E-state index contributed by atoms with van der Waals surface area (Å²) in [5, 5.41) is 9.95. The Balaban J connectivity index is 1.91. The fourth-order valence-electron chi connectivity index (χ4n) is 3.39. The van der Waals surface area contributed by atoms with E-state index in [0.29, 0.717) is 19.4 Å². The van der Waals surface area contributed by atoms with Crippen LogP contribution in [0.25, 0.3) is 11.3 Å². The highest BCUT2D eigenvalue weighted by molar-refractivity contribution is 7.93. The monoisotopic (exact) mass is 429 g/mol. The van der Waals surface area contributed by atoms with E-state index in [1.807, 2.05) is 10.7 Å². The Morgan fingerprint density at radius 1 is 1.27 bits per heavy atom. The summed E-state index contributed by atoms with van der Waals surface area (Å²) in [6, 6.07) is 10.1. The lowest BCUT2D eigenvalue weighted by atomic mass is 10.0. The standard InChI is InChI=1S/C22H27N3O4S/c1-3-16-5-7-17(8-6-16)21-15-18(9-14-22(26)29-4-2)24-25(21)19-10-12-20(13-11-19)30(23,27)28/h5-8,10,12-13,15,19H,3-4,9,11,14H2,1-2H3,(H2,23,27,28). The number of primary sulfonamides is 1. The first-order valence-corrected chi connectivity index (χ1v) is 11.6. The predicted molar refractivity (Wildman–Crippen MR) is 116 cm³/mol. The third kappa shape index (κ3) is 5.25. The quantitative estimate of drug-likeness (QED) is 0.649. The van der Waals surface area contributed by atoms with Crippen LogP contribution in [0.3, 0.4) is 0 Å². The zero-order chi connectivity index (χ0) is 21.7. The van der Waals surface area contributed by atoms with Gasteiger partial charge in [0.15, 0.2) is 0 Å². The SMILES string of the molecule is CCOC(=O)CCc1cc(-c2ccc(CC)cc2)n(C2C=CC(S(N)(=O)=O)=CC2)n1. The highest BCUT2D eigenvalue weighted by Crippen LogP contribution is 2.30. The van der Waals surface area contributed by atoms with Crippen LogP contribution in [-0.4, -0.2) is 30.8 Å². The van der Waals surface area contributed by atoms with Crippen LogP contribution in [-0.2, 0) is 32.4 Å². The lowest BCUT2D eigenvalue weighted by Gasteiger charge is -2.19. The largest absolute Gasteiger partial charge is 0.466 e. The summed E-state index contributed by atoms with van der Waals surface area (Å²) in [7, 11) is -3.73. The first-order chi connectivity index (χ1) is 14.3. The van der Waals surface area contributed by atoms with Gasteiger partial charge in [0.1, 0.15) is 0 Å². The highest BCUT2D eigenvalue weighted by atomic mass is 32.2. The Morgan fingerprint density at radius 2 is 2.00 bits per heavy atom. The minimum absolute atomic E-state index is 0.113. The molecule has 0 amide bonds. The Kier molecular flexibility index (Phi) is 6.89. The first kappa shape index (κ1) is 22.0. The summed E-state index contributed by atoms with van der Waals surface area (Å²) in [5.41, 5.74) is 3.95. The Bertz CT molecular complexity index is 1070. The fraction of sp³-hybridized carbons (Fsp3) is 0.364. The van der Waals surface area contributed by atoms with Gasteiger partial charge >= 0.3 is 5.97 Å². The number of ether oxygens (including phenoxy) is 1. The van der Waals surface area contributed by atoms with Crippen LogP contribution < -0.4 is 5.14 Å². The molecule has 1 aromatic carbocycles. The Labute approximate surface area is 177 Å². The van der Waals surface area contributed by atoms with Gasteiger partial charge in [0.25, 0.3) is 0 Å². The minimum Gasteiger partial charge on any atom is -0.466 e. The molecular formula is C22H27N3O4S. The molecule has 1 aliphatic carbocycles. The molecule has 0 spiro atoms. The van der Waals surface area contributed by atoms with Crippen LogP contribution in [0.15, 0.2) is 53.5 Å². The molecule has 2 aromatic rings. The first-order valence-electron chi connectivity index (χ1n) is 10.1. The molecule has 0 radical (unpaired) electrons. The van der Waals surface area contributed by atoms with Crippen molar-refractivity contribution in [3.8, 4) is 11.3 Å². The van der Waals surface area contributed by atoms with E-state index in [-0.39, 0.29) is 23.3 Å². The third-order valence-corrected chi connectivity index (χ3v) is 5.98. The molecule has 7 nitrogen and oxygen atoms in total. The van der Waals surface area contributed by atoms with Gasteiger partial charge in [-0.1, -0.05) is 43.3 Å². The van der Waals surface area contributed by atoms with Crippen molar-refractivity contribution in [2.75, 3.05) is 6.61 Å². The van der Waals surface area contributed by atoms with Crippen molar-refractivity contribution < 1.29 is 17.9 Å². The summed E-state index contributed by atoms with van der Waals surface area (Å²) < 4.78 is 30.0. The Morgan fingerprint density at radius 3 is 2.57 bits per heavy atom. The van der Waals surface area contributed by atoms with Crippen LogP contribution in [0.5, 0.6) is 0 Å². The van der Waals surface area contributed by atoms with Gasteiger partial charge in [-0.3, -0.25) is 9.48 Å². The van der Waals surface area contributed by atoms with Crippen molar-refractivity contribution in [3.63, 3.8) is 0 Å². The van der Waals surface area contributed by atoms with Crippen molar-refractivity contribution in [1.29, 1.82) is 0 Å². The van der Waals surface area contributed by atoms with E-state index in [0.717, 1.165) is 23.4 Å². The smallest absolute Gasteiger partial charge is 0.306 e. The molecule has 0 aliphatic heterocycles. The maximum absolute atomic E-state index is 11.7. The van der Waals surface area contributed by atoms with Crippen LogP contribution in [0.4, 0.5) is 0 Å². The molecule has 2 N–H and O–H groups in total. The summed E-state index contributed by atoms with van der Waals surface area (Å²) in [5.74, 6) is -0.251. The molecule has 0 bridgehead atoms. The molecule has 1 aromatic heterocycles. The zero-order valence-electron chi connectivity index (χ0n) is 17.2. The number of rotatable bonds is 8. The Hall–Kier alpha value is -2.71. The summed E-state index contributed by atoms with van der Waals surface area (Å²) >= 11 is 0. The van der Waals surface area contributed by atoms with Crippen LogP contribution in [0, 0.1) is 0 Å². The molecule has 0 fully saturated rings. The number of aryl methyl sites for hydroxylation is 2. The van der Waals surface area contributed by atoms with Gasteiger partial charge in [0, 0.05) is 6.42 Å². The van der Waals surface area contributed by atoms with E-state index in [1.165, 1.54) is 11.6 Å². The second-order valence-corrected chi connectivity index (χ2v) is 8.70. The number of hydrogen-bond acceptors (Lipinski definition) is 5. The average molecular weight is 430 g/mol. The maximum atomic E-state index is 11.7. The molecule has 3 rings (SSSR count). The number of nitrogens with two attached hydrogens (primary N) is 1. The fourth-order valence-corrected chi connectivity index (χ4v) is 3.99. The van der Waals surface area contributed by atoms with Crippen LogP contribution >= 0.6 is 0 Å². The molecule has 1 aliphatic rings. The van der Waals surface area contributed by atoms with Crippen molar-refractivity contribution in [2.45, 2.75) is 45.6 Å². The number of aromatic nitrogens is 2. The number of esters is 1. The predicted octanol–water partition coefficient (Wildman–Crippen LogP) is 3.28. The number of nitrogens with zero attached hydrogens (tertiary/aromatic N) is 2. The lowest BCUT2D eigenvalue weighted by Crippen LogP contribution is -2.17. The molecule has 30 heavy (non-hydrogen) atoms. The number of carbonyl (C=O) groups is 1. The molecule has 1 atom stereocenters. The van der Waals surface area contributed by atoms with Crippen molar-refractivity contribution in [3.05, 3.63) is 64.7 Å². The molecule has 1 heterocycles. The highest BCUT2D eigenvalue weighted by Gasteiger charge is 2.21. The number of allylic oxidation sites excluding steroid dienone is 3. The van der Waals surface area contributed by atoms with Crippen molar-refractivity contribution >= 4 is 16.0 Å². The topological polar surface area (TPSA) is 104 Å². The van der Waals surface area contributed by atoms with Gasteiger partial charge in [-0.25, -0.2) is 13.6 Å². The van der Waals surface area contributed by atoms with Crippen LogP contribution in [0.2, 0.25) is 0 Å². The van der Waals surface area contributed by atoms with Gasteiger partial charge in [-0.15, -0.1) is 0 Å². The second kappa shape index (κ2) is 9.40. The van der Waals surface area contributed by atoms with Gasteiger partial charge in [-0.05, 0) is 43.0 Å². The van der Waals surface area contributed by atoms with E-state index in [2.05, 4.69) is 31.2 Å². The number of carbonyl (C=O) groups excluding carboxylic acids is 1. The van der Waals surface area contributed by atoms with Crippen molar-refractivity contribution in [1.82, 2.24) is 9.78 Å². The van der Waals surface area contributed by atoms with E-state index in [4.69, 9.17) is 15.0 Å². The number of hydrogen-bond donors (Lipinski definition) is 1. The third-order valence-electron chi connectivity index (χ3n) is 5.02.